The Kier molecular flexibility index (Phi) is 4.32. The van der Waals surface area contributed by atoms with Gasteiger partial charge in [0.1, 0.15) is 5.82 Å². The summed E-state index contributed by atoms with van der Waals surface area (Å²) < 4.78 is 1.31. The normalized spacial score (nSPS) is 10.9. The van der Waals surface area contributed by atoms with Gasteiger partial charge in [0.2, 0.25) is 5.95 Å². The molecule has 140 valence electrons. The summed E-state index contributed by atoms with van der Waals surface area (Å²) in [7, 11) is 0. The number of benzene rings is 2. The van der Waals surface area contributed by atoms with Crippen LogP contribution in [0.4, 0.5) is 5.95 Å². The molecule has 0 aliphatic rings. The molecule has 0 atom stereocenters. The molecule has 2 aromatic heterocycles. The van der Waals surface area contributed by atoms with Crippen molar-refractivity contribution < 1.29 is 4.79 Å². The summed E-state index contributed by atoms with van der Waals surface area (Å²) in [5, 5.41) is 14.8. The zero-order chi connectivity index (χ0) is 19.7. The second kappa shape index (κ2) is 6.95. The van der Waals surface area contributed by atoms with Gasteiger partial charge in [0.25, 0.3) is 11.5 Å². The van der Waals surface area contributed by atoms with Gasteiger partial charge in [0, 0.05) is 10.9 Å². The van der Waals surface area contributed by atoms with E-state index in [9.17, 15) is 9.59 Å². The Balaban J connectivity index is 1.65. The summed E-state index contributed by atoms with van der Waals surface area (Å²) in [6.45, 7) is 2.00. The first-order valence-corrected chi connectivity index (χ1v) is 8.57. The molecule has 0 unspecified atom stereocenters. The maximum Gasteiger partial charge on any atom is 0.279 e. The topological polar surface area (TPSA) is 132 Å². The number of fused-ring (bicyclic) bond motifs is 1. The van der Waals surface area contributed by atoms with Gasteiger partial charge in [-0.15, -0.1) is 5.10 Å². The van der Waals surface area contributed by atoms with Crippen LogP contribution in [0.2, 0.25) is 0 Å². The largest absolute Gasteiger partial charge is 0.367 e. The van der Waals surface area contributed by atoms with Crippen molar-refractivity contribution >= 4 is 22.6 Å². The van der Waals surface area contributed by atoms with Crippen molar-refractivity contribution in [2.75, 3.05) is 5.73 Å². The predicted octanol–water partition coefficient (Wildman–Crippen LogP) is 1.32. The fraction of sp³-hybridized carbons (Fsp3) is 0.105. The van der Waals surface area contributed by atoms with E-state index in [1.807, 2.05) is 25.1 Å². The third-order valence-corrected chi connectivity index (χ3v) is 4.31. The maximum absolute atomic E-state index is 12.8. The second-order valence-corrected chi connectivity index (χ2v) is 6.22. The average molecular weight is 375 g/mol. The van der Waals surface area contributed by atoms with E-state index in [4.69, 9.17) is 5.73 Å². The van der Waals surface area contributed by atoms with Crippen molar-refractivity contribution in [2.45, 2.75) is 13.5 Å². The fourth-order valence-electron chi connectivity index (χ4n) is 2.96. The lowest BCUT2D eigenvalue weighted by Gasteiger charge is -2.10. The number of amides is 1. The molecule has 9 nitrogen and oxygen atoms in total. The third kappa shape index (κ3) is 3.20. The van der Waals surface area contributed by atoms with Crippen LogP contribution in [-0.4, -0.2) is 30.9 Å². The predicted molar refractivity (Wildman–Crippen MR) is 104 cm³/mol. The van der Waals surface area contributed by atoms with Crippen LogP contribution in [0.5, 0.6) is 0 Å². The monoisotopic (exact) mass is 375 g/mol. The van der Waals surface area contributed by atoms with Crippen LogP contribution in [0.3, 0.4) is 0 Å². The summed E-state index contributed by atoms with van der Waals surface area (Å²) >= 11 is 0. The van der Waals surface area contributed by atoms with Crippen LogP contribution < -0.4 is 16.6 Å². The van der Waals surface area contributed by atoms with Crippen LogP contribution in [0.15, 0.2) is 53.3 Å². The first kappa shape index (κ1) is 17.4. The minimum absolute atomic E-state index is 0.114. The molecule has 0 fully saturated rings. The molecule has 4 rings (SSSR count). The van der Waals surface area contributed by atoms with E-state index in [2.05, 4.69) is 25.6 Å². The quantitative estimate of drug-likeness (QED) is 0.493. The summed E-state index contributed by atoms with van der Waals surface area (Å²) in [5.74, 6) is 0.246. The van der Waals surface area contributed by atoms with E-state index in [0.717, 1.165) is 11.1 Å². The van der Waals surface area contributed by atoms with Gasteiger partial charge in [-0.1, -0.05) is 24.3 Å². The van der Waals surface area contributed by atoms with Crippen molar-refractivity contribution in [3.8, 4) is 5.69 Å². The minimum Gasteiger partial charge on any atom is -0.367 e. The molecule has 0 saturated carbocycles. The van der Waals surface area contributed by atoms with Crippen molar-refractivity contribution in [2.24, 2.45) is 0 Å². The van der Waals surface area contributed by atoms with Gasteiger partial charge < -0.3 is 11.1 Å². The molecular weight excluding hydrogens is 358 g/mol. The van der Waals surface area contributed by atoms with Crippen LogP contribution in [0, 0.1) is 6.92 Å². The number of H-pyrrole nitrogens is 1. The Morgan fingerprint density at radius 1 is 1.18 bits per heavy atom. The Hall–Kier alpha value is -4.01. The van der Waals surface area contributed by atoms with E-state index in [0.29, 0.717) is 22.5 Å². The first-order valence-electron chi connectivity index (χ1n) is 8.57. The lowest BCUT2D eigenvalue weighted by Crippen LogP contribution is -2.25. The molecule has 0 radical (unpaired) electrons. The lowest BCUT2D eigenvalue weighted by molar-refractivity contribution is 0.0950. The van der Waals surface area contributed by atoms with Gasteiger partial charge in [-0.2, -0.15) is 14.8 Å². The van der Waals surface area contributed by atoms with E-state index >= 15 is 0 Å². The molecule has 0 aliphatic heterocycles. The number of hydrogen-bond donors (Lipinski definition) is 3. The standard InChI is InChI=1S/C19H17N7O2/c1-11-14-7-2-3-8-15(14)18(28)26(25-11)13-6-4-5-12(9-13)17(27)21-10-16-22-19(20)24-23-16/h2-9H,10H2,1H3,(H,21,27)(H3,20,22,23,24). The summed E-state index contributed by atoms with van der Waals surface area (Å²) in [4.78, 5) is 29.2. The zero-order valence-corrected chi connectivity index (χ0v) is 15.0. The van der Waals surface area contributed by atoms with Gasteiger partial charge in [-0.05, 0) is 31.2 Å². The Labute approximate surface area is 159 Å². The number of nitrogens with one attached hydrogen (secondary N) is 2. The number of aromatic amines is 1. The van der Waals surface area contributed by atoms with Crippen molar-refractivity contribution in [1.82, 2.24) is 30.3 Å². The molecule has 4 aromatic rings. The highest BCUT2D eigenvalue weighted by atomic mass is 16.1. The number of nitrogens with two attached hydrogens (primary N) is 1. The Bertz CT molecular complexity index is 1240. The van der Waals surface area contributed by atoms with E-state index in [1.54, 1.807) is 30.3 Å². The van der Waals surface area contributed by atoms with Gasteiger partial charge in [-0.3, -0.25) is 14.7 Å². The van der Waals surface area contributed by atoms with Crippen LogP contribution >= 0.6 is 0 Å². The number of anilines is 1. The number of carbonyl (C=O) groups excluding carboxylic acids is 1. The van der Waals surface area contributed by atoms with Crippen molar-refractivity contribution in [3.05, 3.63) is 76.0 Å². The summed E-state index contributed by atoms with van der Waals surface area (Å²) in [6, 6.07) is 14.0. The molecule has 28 heavy (non-hydrogen) atoms. The number of nitrogens with zero attached hydrogens (tertiary/aromatic N) is 4. The fourth-order valence-corrected chi connectivity index (χ4v) is 2.96. The number of carbonyl (C=O) groups is 1. The average Bonchev–Trinajstić information content (AvgIpc) is 3.14. The summed E-state index contributed by atoms with van der Waals surface area (Å²) in [6.07, 6.45) is 0. The smallest absolute Gasteiger partial charge is 0.279 e. The molecule has 9 heteroatoms. The van der Waals surface area contributed by atoms with E-state index < -0.39 is 0 Å². The van der Waals surface area contributed by atoms with Gasteiger partial charge in [-0.25, -0.2) is 0 Å². The zero-order valence-electron chi connectivity index (χ0n) is 15.0. The van der Waals surface area contributed by atoms with Crippen LogP contribution in [0.1, 0.15) is 21.9 Å². The Morgan fingerprint density at radius 3 is 2.71 bits per heavy atom. The number of nitrogen functional groups attached to an aromatic ring is 1. The minimum atomic E-state index is -0.317. The number of aromatic nitrogens is 5. The molecule has 1 amide bonds. The van der Waals surface area contributed by atoms with Crippen molar-refractivity contribution in [3.63, 3.8) is 0 Å². The molecule has 2 heterocycles. The van der Waals surface area contributed by atoms with Gasteiger partial charge >= 0.3 is 0 Å². The third-order valence-electron chi connectivity index (χ3n) is 4.31. The van der Waals surface area contributed by atoms with E-state index in [1.165, 1.54) is 4.68 Å². The summed E-state index contributed by atoms with van der Waals surface area (Å²) in [5.41, 5.74) is 6.83. The highest BCUT2D eigenvalue weighted by Crippen LogP contribution is 2.15. The molecule has 0 bridgehead atoms. The molecule has 2 aromatic carbocycles. The first-order chi connectivity index (χ1) is 13.5. The molecule has 0 saturated heterocycles. The number of aryl methyl sites for hydroxylation is 1. The van der Waals surface area contributed by atoms with Crippen LogP contribution in [0.25, 0.3) is 16.5 Å². The number of rotatable bonds is 4. The molecule has 4 N–H and O–H groups in total. The maximum atomic E-state index is 12.8. The Morgan fingerprint density at radius 2 is 1.96 bits per heavy atom. The van der Waals surface area contributed by atoms with Crippen LogP contribution in [-0.2, 0) is 6.54 Å². The molecular formula is C19H17N7O2. The molecule has 0 spiro atoms. The highest BCUT2D eigenvalue weighted by Gasteiger charge is 2.12. The second-order valence-electron chi connectivity index (χ2n) is 6.22. The van der Waals surface area contributed by atoms with Crippen molar-refractivity contribution in [1.29, 1.82) is 0 Å². The van der Waals surface area contributed by atoms with E-state index in [-0.39, 0.29) is 24.0 Å². The lowest BCUT2D eigenvalue weighted by atomic mass is 10.1. The molecule has 0 aliphatic carbocycles. The van der Waals surface area contributed by atoms with Gasteiger partial charge in [0.05, 0.1) is 23.3 Å². The number of hydrogen-bond acceptors (Lipinski definition) is 6. The SMILES string of the molecule is Cc1nn(-c2cccc(C(=O)NCc3nc(N)n[nH]3)c2)c(=O)c2ccccc12. The highest BCUT2D eigenvalue weighted by molar-refractivity contribution is 5.94. The van der Waals surface area contributed by atoms with Gasteiger partial charge in [0.15, 0.2) is 0 Å².